The number of carbonyl (C=O) groups excluding carboxylic acids is 1. The van der Waals surface area contributed by atoms with Crippen LogP contribution in [0, 0.1) is 16.0 Å². The zero-order valence-corrected chi connectivity index (χ0v) is 15.9. The number of nitrogens with zero attached hydrogens (tertiary/aromatic N) is 2. The molecule has 1 saturated heterocycles. The number of amides is 1. The first kappa shape index (κ1) is 19.6. The minimum Gasteiger partial charge on any atom is -0.477 e. The van der Waals surface area contributed by atoms with Crippen molar-refractivity contribution in [3.63, 3.8) is 0 Å². The fourth-order valence-corrected chi connectivity index (χ4v) is 4.69. The summed E-state index contributed by atoms with van der Waals surface area (Å²) in [6, 6.07) is 3.55. The molecule has 2 fully saturated rings. The van der Waals surface area contributed by atoms with Crippen LogP contribution in [0.1, 0.15) is 32.6 Å². The van der Waals surface area contributed by atoms with E-state index in [9.17, 15) is 23.3 Å². The monoisotopic (exact) mass is 397 g/mol. The van der Waals surface area contributed by atoms with Gasteiger partial charge >= 0.3 is 5.69 Å². The lowest BCUT2D eigenvalue weighted by molar-refractivity contribution is -0.386. The molecule has 1 atom stereocenters. The van der Waals surface area contributed by atoms with Crippen LogP contribution in [-0.2, 0) is 14.8 Å². The molecule has 3 rings (SSSR count). The number of hydrogen-bond acceptors (Lipinski definition) is 6. The number of nitro groups is 1. The van der Waals surface area contributed by atoms with Crippen molar-refractivity contribution in [1.29, 1.82) is 0 Å². The number of ether oxygens (including phenoxy) is 1. The van der Waals surface area contributed by atoms with Gasteiger partial charge in [0.15, 0.2) is 12.4 Å². The zero-order chi connectivity index (χ0) is 19.6. The Kier molecular flexibility index (Phi) is 5.66. The van der Waals surface area contributed by atoms with Gasteiger partial charge in [0, 0.05) is 25.2 Å². The molecule has 27 heavy (non-hydrogen) atoms. The molecule has 1 aromatic carbocycles. The van der Waals surface area contributed by atoms with Crippen molar-refractivity contribution >= 4 is 21.6 Å². The number of rotatable bonds is 8. The van der Waals surface area contributed by atoms with Crippen molar-refractivity contribution in [2.45, 2.75) is 43.5 Å². The highest BCUT2D eigenvalue weighted by atomic mass is 32.2. The first-order valence-corrected chi connectivity index (χ1v) is 10.4. The SMILES string of the molecule is C[C@H](NC(=O)COc1ccc(S(=O)(=O)N2CCCC2)cc1[N+](=O)[O-])C1CC1. The summed E-state index contributed by atoms with van der Waals surface area (Å²) < 4.78 is 31.8. The Morgan fingerprint density at radius 2 is 2.04 bits per heavy atom. The van der Waals surface area contributed by atoms with Gasteiger partial charge in [0.05, 0.1) is 9.82 Å². The fraction of sp³-hybridized carbons (Fsp3) is 0.588. The van der Waals surface area contributed by atoms with E-state index in [1.165, 1.54) is 16.4 Å². The molecular weight excluding hydrogens is 374 g/mol. The standard InChI is InChI=1S/C17H23N3O6S/c1-12(13-4-5-13)18-17(21)11-26-16-7-6-14(10-15(16)20(22)23)27(24,25)19-8-2-3-9-19/h6-7,10,12-13H,2-5,8-9,11H2,1H3,(H,18,21)/t12-/m0/s1. The van der Waals surface area contributed by atoms with Crippen LogP contribution in [0.3, 0.4) is 0 Å². The van der Waals surface area contributed by atoms with E-state index >= 15 is 0 Å². The quantitative estimate of drug-likeness (QED) is 0.526. The molecule has 1 aromatic rings. The molecule has 1 aliphatic carbocycles. The maximum Gasteiger partial charge on any atom is 0.312 e. The fourth-order valence-electron chi connectivity index (χ4n) is 3.15. The number of sulfonamides is 1. The van der Waals surface area contributed by atoms with Crippen molar-refractivity contribution in [2.75, 3.05) is 19.7 Å². The van der Waals surface area contributed by atoms with Crippen LogP contribution in [0.15, 0.2) is 23.1 Å². The summed E-state index contributed by atoms with van der Waals surface area (Å²) in [6.45, 7) is 2.37. The third-order valence-corrected chi connectivity index (χ3v) is 6.80. The molecular formula is C17H23N3O6S. The van der Waals surface area contributed by atoms with E-state index in [-0.39, 0.29) is 29.2 Å². The van der Waals surface area contributed by atoms with Crippen LogP contribution >= 0.6 is 0 Å². The van der Waals surface area contributed by atoms with E-state index < -0.39 is 20.6 Å². The smallest absolute Gasteiger partial charge is 0.312 e. The maximum atomic E-state index is 12.6. The largest absolute Gasteiger partial charge is 0.477 e. The Morgan fingerprint density at radius 1 is 1.37 bits per heavy atom. The second kappa shape index (κ2) is 7.81. The molecule has 2 aliphatic rings. The first-order chi connectivity index (χ1) is 12.8. The number of carbonyl (C=O) groups is 1. The maximum absolute atomic E-state index is 12.6. The van der Waals surface area contributed by atoms with Crippen molar-refractivity contribution < 1.29 is 22.9 Å². The molecule has 10 heteroatoms. The van der Waals surface area contributed by atoms with Crippen LogP contribution in [0.25, 0.3) is 0 Å². The molecule has 9 nitrogen and oxygen atoms in total. The van der Waals surface area contributed by atoms with Crippen LogP contribution in [0.4, 0.5) is 5.69 Å². The van der Waals surface area contributed by atoms with Gasteiger partial charge in [-0.15, -0.1) is 0 Å². The van der Waals surface area contributed by atoms with Crippen molar-refractivity contribution in [2.24, 2.45) is 5.92 Å². The Hall–Kier alpha value is -2.20. The summed E-state index contributed by atoms with van der Waals surface area (Å²) in [5.74, 6) is -0.00887. The minimum atomic E-state index is -3.77. The van der Waals surface area contributed by atoms with Gasteiger partial charge in [-0.05, 0) is 50.7 Å². The Labute approximate surface area is 157 Å². The number of benzene rings is 1. The number of hydrogen-bond donors (Lipinski definition) is 1. The van der Waals surface area contributed by atoms with Gasteiger partial charge in [-0.1, -0.05) is 0 Å². The molecule has 148 valence electrons. The van der Waals surface area contributed by atoms with Crippen molar-refractivity contribution in [1.82, 2.24) is 9.62 Å². The molecule has 0 bridgehead atoms. The van der Waals surface area contributed by atoms with Gasteiger partial charge in [-0.2, -0.15) is 4.31 Å². The molecule has 0 aromatic heterocycles. The summed E-state index contributed by atoms with van der Waals surface area (Å²) in [6.07, 6.45) is 3.72. The van der Waals surface area contributed by atoms with E-state index in [0.717, 1.165) is 31.7 Å². The van der Waals surface area contributed by atoms with E-state index in [0.29, 0.717) is 19.0 Å². The number of nitrogens with one attached hydrogen (secondary N) is 1. The van der Waals surface area contributed by atoms with E-state index in [4.69, 9.17) is 4.74 Å². The predicted molar refractivity (Wildman–Crippen MR) is 96.9 cm³/mol. The summed E-state index contributed by atoms with van der Waals surface area (Å²) in [7, 11) is -3.77. The second-order valence-electron chi connectivity index (χ2n) is 6.98. The highest BCUT2D eigenvalue weighted by molar-refractivity contribution is 7.89. The zero-order valence-electron chi connectivity index (χ0n) is 15.1. The summed E-state index contributed by atoms with van der Waals surface area (Å²) in [5.41, 5.74) is -0.474. The Morgan fingerprint density at radius 3 is 2.63 bits per heavy atom. The molecule has 0 radical (unpaired) electrons. The van der Waals surface area contributed by atoms with Gasteiger partial charge in [-0.25, -0.2) is 8.42 Å². The molecule has 1 N–H and O–H groups in total. The lowest BCUT2D eigenvalue weighted by Gasteiger charge is -2.16. The van der Waals surface area contributed by atoms with Crippen molar-refractivity contribution in [3.8, 4) is 5.75 Å². The van der Waals surface area contributed by atoms with E-state index in [1.807, 2.05) is 6.92 Å². The van der Waals surface area contributed by atoms with Gasteiger partial charge in [0.2, 0.25) is 10.0 Å². The topological polar surface area (TPSA) is 119 Å². The summed E-state index contributed by atoms with van der Waals surface area (Å²) in [5, 5.41) is 14.2. The van der Waals surface area contributed by atoms with Gasteiger partial charge in [-0.3, -0.25) is 14.9 Å². The molecule has 1 heterocycles. The average molecular weight is 397 g/mol. The minimum absolute atomic E-state index is 0.0454. The molecule has 1 saturated carbocycles. The molecule has 1 amide bonds. The van der Waals surface area contributed by atoms with Crippen molar-refractivity contribution in [3.05, 3.63) is 28.3 Å². The Balaban J connectivity index is 1.71. The third-order valence-electron chi connectivity index (χ3n) is 4.91. The lowest BCUT2D eigenvalue weighted by atomic mass is 10.2. The van der Waals surface area contributed by atoms with Gasteiger partial charge in [0.1, 0.15) is 0 Å². The molecule has 0 spiro atoms. The lowest BCUT2D eigenvalue weighted by Crippen LogP contribution is -2.37. The van der Waals surface area contributed by atoms with Crippen LogP contribution in [0.2, 0.25) is 0 Å². The number of nitro benzene ring substituents is 1. The molecule has 0 unspecified atom stereocenters. The Bertz CT molecular complexity index is 831. The predicted octanol–water partition coefficient (Wildman–Crippen LogP) is 1.67. The summed E-state index contributed by atoms with van der Waals surface area (Å²) >= 11 is 0. The van der Waals surface area contributed by atoms with Gasteiger partial charge in [0.25, 0.3) is 5.91 Å². The van der Waals surface area contributed by atoms with Crippen LogP contribution in [-0.4, -0.2) is 49.3 Å². The second-order valence-corrected chi connectivity index (χ2v) is 8.92. The van der Waals surface area contributed by atoms with E-state index in [1.54, 1.807) is 0 Å². The van der Waals surface area contributed by atoms with Gasteiger partial charge < -0.3 is 10.1 Å². The first-order valence-electron chi connectivity index (χ1n) is 9.00. The van der Waals surface area contributed by atoms with E-state index in [2.05, 4.69) is 5.32 Å². The molecule has 1 aliphatic heterocycles. The van der Waals surface area contributed by atoms with Crippen LogP contribution in [0.5, 0.6) is 5.75 Å². The normalized spacial score (nSPS) is 18.9. The van der Waals surface area contributed by atoms with Crippen LogP contribution < -0.4 is 10.1 Å². The summed E-state index contributed by atoms with van der Waals surface area (Å²) in [4.78, 5) is 22.4. The third kappa shape index (κ3) is 4.56. The average Bonchev–Trinajstić information content (AvgIpc) is 3.33. The highest BCUT2D eigenvalue weighted by Gasteiger charge is 2.31. The highest BCUT2D eigenvalue weighted by Crippen LogP contribution is 2.33.